The predicted molar refractivity (Wildman–Crippen MR) is 55.0 cm³/mol. The molecule has 0 aliphatic heterocycles. The average Bonchev–Trinajstić information content (AvgIpc) is 2.03. The molecule has 2 nitrogen and oxygen atoms in total. The first-order valence-corrected chi connectivity index (χ1v) is 4.98. The van der Waals surface area contributed by atoms with Crippen LogP contribution in [-0.2, 0) is 9.53 Å². The van der Waals surface area contributed by atoms with Crippen LogP contribution in [-0.4, -0.2) is 17.5 Å². The molecule has 0 saturated carbocycles. The van der Waals surface area contributed by atoms with Crippen LogP contribution in [0.1, 0.15) is 33.6 Å². The zero-order valence-corrected chi connectivity index (χ0v) is 9.53. The molecule has 0 heterocycles. The van der Waals surface area contributed by atoms with Gasteiger partial charge in [-0.2, -0.15) is 0 Å². The molecule has 0 atom stereocenters. The van der Waals surface area contributed by atoms with Crippen molar-refractivity contribution >= 4 is 17.6 Å². The second kappa shape index (κ2) is 6.02. The van der Waals surface area contributed by atoms with Gasteiger partial charge in [0.05, 0.1) is 6.33 Å². The lowest BCUT2D eigenvalue weighted by atomic mass is 10.1. The number of allylic oxidation sites excluding steroid dienone is 1. The molecule has 0 aliphatic rings. The minimum absolute atomic E-state index is 0.110. The Morgan fingerprint density at radius 1 is 1.43 bits per heavy atom. The number of carbonyl (C=O) groups excluding carboxylic acids is 1. The van der Waals surface area contributed by atoms with Gasteiger partial charge in [0.25, 0.3) is 0 Å². The number of esters is 1. The van der Waals surface area contributed by atoms with Crippen molar-refractivity contribution in [2.75, 3.05) is 5.88 Å². The van der Waals surface area contributed by atoms with Crippen molar-refractivity contribution in [1.29, 1.82) is 0 Å². The van der Waals surface area contributed by atoms with Crippen LogP contribution in [0, 0.1) is 0 Å². The quantitative estimate of drug-likeness (QED) is 0.539. The number of hydrogen-bond acceptors (Lipinski definition) is 2. The van der Waals surface area contributed by atoms with Crippen molar-refractivity contribution in [3.05, 3.63) is 11.9 Å². The lowest BCUT2D eigenvalue weighted by Crippen LogP contribution is -2.23. The molecule has 0 aromatic heterocycles. The molecule has 0 aromatic carbocycles. The van der Waals surface area contributed by atoms with Crippen LogP contribution >= 0.6 is 11.6 Å². The van der Waals surface area contributed by atoms with Crippen LogP contribution in [0.4, 0.5) is 4.39 Å². The van der Waals surface area contributed by atoms with Gasteiger partial charge in [0, 0.05) is 12.3 Å². The van der Waals surface area contributed by atoms with E-state index in [-0.39, 0.29) is 18.3 Å². The van der Waals surface area contributed by atoms with Gasteiger partial charge in [0.1, 0.15) is 5.60 Å². The summed E-state index contributed by atoms with van der Waals surface area (Å²) in [5.41, 5.74) is -0.0741. The summed E-state index contributed by atoms with van der Waals surface area (Å²) < 4.78 is 17.1. The zero-order chi connectivity index (χ0) is 11.2. The summed E-state index contributed by atoms with van der Waals surface area (Å²) in [7, 11) is 0. The van der Waals surface area contributed by atoms with Gasteiger partial charge in [-0.25, -0.2) is 4.39 Å². The fourth-order valence-electron chi connectivity index (χ4n) is 0.806. The number of alkyl halides is 1. The first-order chi connectivity index (χ1) is 6.39. The van der Waals surface area contributed by atoms with Gasteiger partial charge in [-0.1, -0.05) is 0 Å². The Morgan fingerprint density at radius 2 is 2.00 bits per heavy atom. The van der Waals surface area contributed by atoms with Gasteiger partial charge in [0.2, 0.25) is 0 Å². The highest BCUT2D eigenvalue weighted by atomic mass is 35.5. The third-order valence-corrected chi connectivity index (χ3v) is 1.74. The summed E-state index contributed by atoms with van der Waals surface area (Å²) in [5, 5.41) is 0. The molecule has 0 radical (unpaired) electrons. The van der Waals surface area contributed by atoms with Crippen LogP contribution < -0.4 is 0 Å². The van der Waals surface area contributed by atoms with E-state index in [0.717, 1.165) is 0 Å². The van der Waals surface area contributed by atoms with Crippen molar-refractivity contribution in [3.8, 4) is 0 Å². The van der Waals surface area contributed by atoms with E-state index in [1.807, 2.05) is 0 Å². The molecule has 0 rings (SSSR count). The van der Waals surface area contributed by atoms with Crippen LogP contribution in [0.2, 0.25) is 0 Å². The second-order valence-corrected chi connectivity index (χ2v) is 4.25. The maximum Gasteiger partial charge on any atom is 0.306 e. The second-order valence-electron chi connectivity index (χ2n) is 3.99. The lowest BCUT2D eigenvalue weighted by Gasteiger charge is -2.19. The van der Waals surface area contributed by atoms with Crippen LogP contribution in [0.5, 0.6) is 0 Å². The van der Waals surface area contributed by atoms with Gasteiger partial charge >= 0.3 is 5.97 Å². The maximum absolute atomic E-state index is 12.0. The van der Waals surface area contributed by atoms with Crippen molar-refractivity contribution in [3.63, 3.8) is 0 Å². The predicted octanol–water partition coefficient (Wildman–Crippen LogP) is 3.20. The molecule has 0 spiro atoms. The minimum atomic E-state index is -0.488. The highest BCUT2D eigenvalue weighted by molar-refractivity contribution is 6.19. The zero-order valence-electron chi connectivity index (χ0n) is 8.77. The smallest absolute Gasteiger partial charge is 0.306 e. The van der Waals surface area contributed by atoms with Crippen LogP contribution in [0.3, 0.4) is 0 Å². The molecule has 0 bridgehead atoms. The molecule has 82 valence electrons. The minimum Gasteiger partial charge on any atom is -0.460 e. The highest BCUT2D eigenvalue weighted by Crippen LogP contribution is 2.12. The molecule has 0 aliphatic carbocycles. The van der Waals surface area contributed by atoms with Gasteiger partial charge in [0.15, 0.2) is 0 Å². The third kappa shape index (κ3) is 6.89. The van der Waals surface area contributed by atoms with E-state index < -0.39 is 5.60 Å². The summed E-state index contributed by atoms with van der Waals surface area (Å²) >= 11 is 5.42. The van der Waals surface area contributed by atoms with Gasteiger partial charge in [-0.15, -0.1) is 11.6 Å². The third-order valence-electron chi connectivity index (χ3n) is 1.40. The average molecular weight is 223 g/mol. The van der Waals surface area contributed by atoms with E-state index >= 15 is 0 Å². The molecule has 0 aromatic rings. The Labute approximate surface area is 89.1 Å². The van der Waals surface area contributed by atoms with E-state index in [0.29, 0.717) is 18.3 Å². The number of rotatable bonds is 4. The number of ether oxygens (including phenoxy) is 1. The molecule has 0 saturated heterocycles. The normalized spacial score (nSPS) is 12.8. The molecule has 0 N–H and O–H groups in total. The molecule has 4 heteroatoms. The Bertz CT molecular complexity index is 219. The summed E-state index contributed by atoms with van der Waals surface area (Å²) in [6.07, 6.45) is 0.923. The molecule has 14 heavy (non-hydrogen) atoms. The Morgan fingerprint density at radius 3 is 2.36 bits per heavy atom. The Kier molecular flexibility index (Phi) is 5.77. The van der Waals surface area contributed by atoms with Crippen LogP contribution in [0.25, 0.3) is 0 Å². The molecule has 0 unspecified atom stereocenters. The Balaban J connectivity index is 3.86. The van der Waals surface area contributed by atoms with E-state index in [4.69, 9.17) is 16.3 Å². The standard InChI is InChI=1S/C10H16ClFO2/c1-10(2,3)14-9(13)5-4-8(6-11)7-12/h7H,4-6H2,1-3H3/b8-7+. The van der Waals surface area contributed by atoms with Crippen molar-refractivity contribution in [2.24, 2.45) is 0 Å². The van der Waals surface area contributed by atoms with Gasteiger partial charge in [-0.3, -0.25) is 4.79 Å². The maximum atomic E-state index is 12.0. The largest absolute Gasteiger partial charge is 0.460 e. The van der Waals surface area contributed by atoms with Crippen LogP contribution in [0.15, 0.2) is 11.9 Å². The summed E-state index contributed by atoms with van der Waals surface area (Å²) in [4.78, 5) is 11.2. The van der Waals surface area contributed by atoms with Crippen molar-refractivity contribution in [1.82, 2.24) is 0 Å². The summed E-state index contributed by atoms with van der Waals surface area (Å²) in [5.74, 6) is -0.221. The van der Waals surface area contributed by atoms with E-state index in [2.05, 4.69) is 0 Å². The number of hydrogen-bond donors (Lipinski definition) is 0. The summed E-state index contributed by atoms with van der Waals surface area (Å²) in [6.45, 7) is 5.37. The topological polar surface area (TPSA) is 26.3 Å². The molecular formula is C10H16ClFO2. The van der Waals surface area contributed by atoms with E-state index in [1.54, 1.807) is 20.8 Å². The monoisotopic (exact) mass is 222 g/mol. The molecule has 0 amide bonds. The lowest BCUT2D eigenvalue weighted by molar-refractivity contribution is -0.154. The fraction of sp³-hybridized carbons (Fsp3) is 0.700. The highest BCUT2D eigenvalue weighted by Gasteiger charge is 2.16. The molecule has 0 fully saturated rings. The van der Waals surface area contributed by atoms with Gasteiger partial charge in [-0.05, 0) is 32.8 Å². The first-order valence-electron chi connectivity index (χ1n) is 4.45. The number of carbonyl (C=O) groups is 1. The Hall–Kier alpha value is -0.570. The van der Waals surface area contributed by atoms with Crippen molar-refractivity contribution < 1.29 is 13.9 Å². The van der Waals surface area contributed by atoms with E-state index in [9.17, 15) is 9.18 Å². The first kappa shape index (κ1) is 13.4. The fourth-order valence-corrected chi connectivity index (χ4v) is 0.998. The van der Waals surface area contributed by atoms with Gasteiger partial charge < -0.3 is 4.74 Å². The summed E-state index contributed by atoms with van der Waals surface area (Å²) in [6, 6.07) is 0. The molecular weight excluding hydrogens is 207 g/mol. The number of halogens is 2. The van der Waals surface area contributed by atoms with Crippen molar-refractivity contribution in [2.45, 2.75) is 39.2 Å². The van der Waals surface area contributed by atoms with E-state index in [1.165, 1.54) is 0 Å². The SMILES string of the molecule is CC(C)(C)OC(=O)CC/C(=C\F)CCl.